The van der Waals surface area contributed by atoms with Crippen LogP contribution in [-0.4, -0.2) is 22.4 Å². The number of hydrogen-bond acceptors (Lipinski definition) is 3. The van der Waals surface area contributed by atoms with Crippen LogP contribution in [0.2, 0.25) is 0 Å². The van der Waals surface area contributed by atoms with Gasteiger partial charge in [-0.3, -0.25) is 4.68 Å². The standard InChI is InChI=1S/C18H18F2N4OS/c1-11-16(15-7-4-10-26-15)12(2)24(23-11)9-8-21-18(25)22-17-13(19)5-3-6-14(17)20/h3-7,10H,8-9H2,1-2H3,(H2,21,22,25). The van der Waals surface area contributed by atoms with Gasteiger partial charge < -0.3 is 10.6 Å². The Morgan fingerprint density at radius 3 is 2.58 bits per heavy atom. The summed E-state index contributed by atoms with van der Waals surface area (Å²) in [6.07, 6.45) is 0. The van der Waals surface area contributed by atoms with E-state index in [0.717, 1.165) is 34.0 Å². The van der Waals surface area contributed by atoms with Crippen molar-refractivity contribution in [1.29, 1.82) is 0 Å². The Hall–Kier alpha value is -2.74. The number of anilines is 1. The third-order valence-corrected chi connectivity index (χ3v) is 4.85. The third kappa shape index (κ3) is 3.75. The Morgan fingerprint density at radius 1 is 1.19 bits per heavy atom. The Bertz CT molecular complexity index is 901. The second-order valence-corrected chi connectivity index (χ2v) is 6.67. The van der Waals surface area contributed by atoms with Gasteiger partial charge in [0, 0.05) is 22.7 Å². The number of carbonyl (C=O) groups is 1. The lowest BCUT2D eigenvalue weighted by atomic mass is 10.1. The van der Waals surface area contributed by atoms with Crippen molar-refractivity contribution < 1.29 is 13.6 Å². The van der Waals surface area contributed by atoms with Crippen LogP contribution in [0.3, 0.4) is 0 Å². The first-order valence-corrected chi connectivity index (χ1v) is 8.92. The fourth-order valence-corrected chi connectivity index (χ4v) is 3.62. The van der Waals surface area contributed by atoms with Gasteiger partial charge in [-0.15, -0.1) is 11.3 Å². The van der Waals surface area contributed by atoms with Crippen LogP contribution in [0.4, 0.5) is 19.3 Å². The molecule has 0 bridgehead atoms. The van der Waals surface area contributed by atoms with E-state index in [-0.39, 0.29) is 6.54 Å². The second kappa shape index (κ2) is 7.65. The summed E-state index contributed by atoms with van der Waals surface area (Å²) in [7, 11) is 0. The summed E-state index contributed by atoms with van der Waals surface area (Å²) in [4.78, 5) is 13.0. The van der Waals surface area contributed by atoms with E-state index in [9.17, 15) is 13.6 Å². The first kappa shape index (κ1) is 18.1. The van der Waals surface area contributed by atoms with Crippen LogP contribution in [0.1, 0.15) is 11.4 Å². The minimum atomic E-state index is -0.820. The van der Waals surface area contributed by atoms with Crippen molar-refractivity contribution in [3.63, 3.8) is 0 Å². The molecule has 26 heavy (non-hydrogen) atoms. The minimum Gasteiger partial charge on any atom is -0.336 e. The van der Waals surface area contributed by atoms with Crippen LogP contribution in [0.5, 0.6) is 0 Å². The van der Waals surface area contributed by atoms with E-state index in [1.165, 1.54) is 6.07 Å². The molecular weight excluding hydrogens is 358 g/mol. The minimum absolute atomic E-state index is 0.272. The van der Waals surface area contributed by atoms with Crippen molar-refractivity contribution in [2.24, 2.45) is 0 Å². The molecule has 5 nitrogen and oxygen atoms in total. The first-order chi connectivity index (χ1) is 12.5. The number of rotatable bonds is 5. The zero-order valence-electron chi connectivity index (χ0n) is 14.3. The number of nitrogens with zero attached hydrogens (tertiary/aromatic N) is 2. The predicted molar refractivity (Wildman–Crippen MR) is 98.4 cm³/mol. The third-order valence-electron chi connectivity index (χ3n) is 3.96. The molecule has 0 unspecified atom stereocenters. The van der Waals surface area contributed by atoms with Crippen LogP contribution < -0.4 is 10.6 Å². The molecule has 8 heteroatoms. The van der Waals surface area contributed by atoms with E-state index < -0.39 is 23.4 Å². The molecule has 0 saturated carbocycles. The average Bonchev–Trinajstić information content (AvgIpc) is 3.20. The number of hydrogen-bond donors (Lipinski definition) is 2. The van der Waals surface area contributed by atoms with Crippen molar-refractivity contribution >= 4 is 23.1 Å². The summed E-state index contributed by atoms with van der Waals surface area (Å²) in [5.41, 5.74) is 2.56. The van der Waals surface area contributed by atoms with Crippen molar-refractivity contribution in [3.05, 3.63) is 58.7 Å². The molecule has 2 heterocycles. The quantitative estimate of drug-likeness (QED) is 0.696. The summed E-state index contributed by atoms with van der Waals surface area (Å²) in [5, 5.41) is 11.3. The number of urea groups is 1. The normalized spacial score (nSPS) is 10.8. The number of halogens is 2. The molecule has 0 fully saturated rings. The van der Waals surface area contributed by atoms with Gasteiger partial charge in [0.25, 0.3) is 0 Å². The molecule has 0 saturated heterocycles. The highest BCUT2D eigenvalue weighted by Crippen LogP contribution is 2.30. The van der Waals surface area contributed by atoms with Crippen molar-refractivity contribution in [1.82, 2.24) is 15.1 Å². The van der Waals surface area contributed by atoms with Gasteiger partial charge in [-0.05, 0) is 37.4 Å². The summed E-state index contributed by atoms with van der Waals surface area (Å²) in [6, 6.07) is 6.77. The highest BCUT2D eigenvalue weighted by molar-refractivity contribution is 7.13. The largest absolute Gasteiger partial charge is 0.336 e. The molecule has 2 amide bonds. The van der Waals surface area contributed by atoms with Gasteiger partial charge >= 0.3 is 6.03 Å². The molecule has 0 atom stereocenters. The van der Waals surface area contributed by atoms with E-state index >= 15 is 0 Å². The number of aromatic nitrogens is 2. The van der Waals surface area contributed by atoms with Crippen LogP contribution in [0.25, 0.3) is 10.4 Å². The molecular formula is C18H18F2N4OS. The Labute approximate surface area is 153 Å². The first-order valence-electron chi connectivity index (χ1n) is 8.04. The van der Waals surface area contributed by atoms with Crippen molar-refractivity contribution in [2.45, 2.75) is 20.4 Å². The van der Waals surface area contributed by atoms with E-state index in [1.807, 2.05) is 36.0 Å². The number of benzene rings is 1. The molecule has 1 aromatic carbocycles. The maximum absolute atomic E-state index is 13.5. The zero-order chi connectivity index (χ0) is 18.7. The molecule has 0 radical (unpaired) electrons. The van der Waals surface area contributed by atoms with Gasteiger partial charge in [0.05, 0.1) is 12.2 Å². The number of thiophene rings is 1. The van der Waals surface area contributed by atoms with Crippen molar-refractivity contribution in [3.8, 4) is 10.4 Å². The van der Waals surface area contributed by atoms with Crippen LogP contribution >= 0.6 is 11.3 Å². The van der Waals surface area contributed by atoms with Gasteiger partial charge in [-0.25, -0.2) is 13.6 Å². The monoisotopic (exact) mass is 376 g/mol. The molecule has 0 spiro atoms. The van der Waals surface area contributed by atoms with Gasteiger partial charge in [-0.2, -0.15) is 5.10 Å². The molecule has 0 aliphatic heterocycles. The summed E-state index contributed by atoms with van der Waals surface area (Å²) in [6.45, 7) is 4.64. The number of para-hydroxylation sites is 1. The lowest BCUT2D eigenvalue weighted by Crippen LogP contribution is -2.32. The molecule has 2 aromatic heterocycles. The number of aryl methyl sites for hydroxylation is 1. The lowest BCUT2D eigenvalue weighted by Gasteiger charge is -2.10. The molecule has 3 rings (SSSR count). The SMILES string of the molecule is Cc1nn(CCNC(=O)Nc2c(F)cccc2F)c(C)c1-c1cccs1. The van der Waals surface area contributed by atoms with Crippen LogP contribution in [0, 0.1) is 25.5 Å². The smallest absolute Gasteiger partial charge is 0.319 e. The Balaban J connectivity index is 1.60. The van der Waals surface area contributed by atoms with E-state index in [2.05, 4.69) is 15.7 Å². The molecule has 0 aliphatic carbocycles. The highest BCUT2D eigenvalue weighted by Gasteiger charge is 2.15. The predicted octanol–water partition coefficient (Wildman–Crippen LogP) is 4.33. The Morgan fingerprint density at radius 2 is 1.92 bits per heavy atom. The number of nitrogens with one attached hydrogen (secondary N) is 2. The van der Waals surface area contributed by atoms with Crippen LogP contribution in [-0.2, 0) is 6.54 Å². The topological polar surface area (TPSA) is 59.0 Å². The molecule has 136 valence electrons. The lowest BCUT2D eigenvalue weighted by molar-refractivity contribution is 0.251. The Kier molecular flexibility index (Phi) is 5.32. The summed E-state index contributed by atoms with van der Waals surface area (Å²) in [5.74, 6) is -1.64. The number of amides is 2. The highest BCUT2D eigenvalue weighted by atomic mass is 32.1. The molecule has 0 aliphatic rings. The fourth-order valence-electron chi connectivity index (χ4n) is 2.74. The molecule has 2 N–H and O–H groups in total. The van der Waals surface area contributed by atoms with E-state index in [4.69, 9.17) is 0 Å². The van der Waals surface area contributed by atoms with Crippen LogP contribution in [0.15, 0.2) is 35.7 Å². The van der Waals surface area contributed by atoms with E-state index in [1.54, 1.807) is 11.3 Å². The average molecular weight is 376 g/mol. The van der Waals surface area contributed by atoms with Gasteiger partial charge in [0.2, 0.25) is 0 Å². The fraction of sp³-hybridized carbons (Fsp3) is 0.222. The van der Waals surface area contributed by atoms with Gasteiger partial charge in [-0.1, -0.05) is 12.1 Å². The zero-order valence-corrected chi connectivity index (χ0v) is 15.2. The van der Waals surface area contributed by atoms with Crippen molar-refractivity contribution in [2.75, 3.05) is 11.9 Å². The van der Waals surface area contributed by atoms with E-state index in [0.29, 0.717) is 6.54 Å². The van der Waals surface area contributed by atoms with Gasteiger partial charge in [0.15, 0.2) is 0 Å². The maximum atomic E-state index is 13.5. The second-order valence-electron chi connectivity index (χ2n) is 5.72. The summed E-state index contributed by atoms with van der Waals surface area (Å²) >= 11 is 1.65. The maximum Gasteiger partial charge on any atom is 0.319 e. The number of carbonyl (C=O) groups excluding carboxylic acids is 1. The summed E-state index contributed by atoms with van der Waals surface area (Å²) < 4.78 is 28.9. The molecule has 3 aromatic rings. The van der Waals surface area contributed by atoms with Gasteiger partial charge in [0.1, 0.15) is 17.3 Å².